The Hall–Kier alpha value is -3.15. The standard InChI is InChI=1S/C18H17NO5/c1-24-18(23)14-10-6-5-9-13(14)16(20)19-15(17(21)22)11-12-7-3-2-4-8-12/h2-10,15H,11H2,1H3,(H,19,20)(H,21,22). The van der Waals surface area contributed by atoms with E-state index in [0.717, 1.165) is 5.56 Å². The van der Waals surface area contributed by atoms with Gasteiger partial charge >= 0.3 is 11.9 Å². The van der Waals surface area contributed by atoms with Gasteiger partial charge in [0.1, 0.15) is 6.04 Å². The lowest BCUT2D eigenvalue weighted by atomic mass is 10.0. The summed E-state index contributed by atoms with van der Waals surface area (Å²) < 4.78 is 4.64. The molecular formula is C18H17NO5. The van der Waals surface area contributed by atoms with Gasteiger partial charge in [-0.05, 0) is 17.7 Å². The van der Waals surface area contributed by atoms with E-state index in [1.807, 2.05) is 6.07 Å². The number of carboxylic acid groups (broad SMARTS) is 1. The molecule has 1 atom stereocenters. The van der Waals surface area contributed by atoms with E-state index in [4.69, 9.17) is 0 Å². The molecule has 0 aromatic heterocycles. The fourth-order valence-electron chi connectivity index (χ4n) is 2.25. The fourth-order valence-corrected chi connectivity index (χ4v) is 2.25. The predicted molar refractivity (Wildman–Crippen MR) is 86.8 cm³/mol. The molecule has 6 heteroatoms. The Morgan fingerprint density at radius 2 is 1.58 bits per heavy atom. The smallest absolute Gasteiger partial charge is 0.338 e. The summed E-state index contributed by atoms with van der Waals surface area (Å²) in [6, 6.07) is 14.0. The van der Waals surface area contributed by atoms with Crippen molar-refractivity contribution in [2.24, 2.45) is 0 Å². The lowest BCUT2D eigenvalue weighted by Gasteiger charge is -2.15. The van der Waals surface area contributed by atoms with E-state index < -0.39 is 23.9 Å². The molecule has 0 fully saturated rings. The van der Waals surface area contributed by atoms with Gasteiger partial charge in [0, 0.05) is 6.42 Å². The SMILES string of the molecule is COC(=O)c1ccccc1C(=O)NC(Cc1ccccc1)C(=O)O. The first kappa shape index (κ1) is 17.2. The van der Waals surface area contributed by atoms with Gasteiger partial charge < -0.3 is 15.2 Å². The Morgan fingerprint density at radius 1 is 1.00 bits per heavy atom. The maximum atomic E-state index is 12.4. The highest BCUT2D eigenvalue weighted by molar-refractivity contribution is 6.06. The van der Waals surface area contributed by atoms with Crippen molar-refractivity contribution in [3.63, 3.8) is 0 Å². The summed E-state index contributed by atoms with van der Waals surface area (Å²) in [7, 11) is 1.21. The van der Waals surface area contributed by atoms with Crippen molar-refractivity contribution in [3.05, 3.63) is 71.3 Å². The number of rotatable bonds is 6. The molecule has 2 aromatic carbocycles. The van der Waals surface area contributed by atoms with Crippen LogP contribution in [0, 0.1) is 0 Å². The third-order valence-electron chi connectivity index (χ3n) is 3.46. The number of carbonyl (C=O) groups is 3. The van der Waals surface area contributed by atoms with Crippen molar-refractivity contribution >= 4 is 17.8 Å². The number of hydrogen-bond donors (Lipinski definition) is 2. The van der Waals surface area contributed by atoms with Gasteiger partial charge in [0.2, 0.25) is 0 Å². The predicted octanol–water partition coefficient (Wildman–Crippen LogP) is 1.90. The molecule has 1 amide bonds. The van der Waals surface area contributed by atoms with Crippen molar-refractivity contribution in [1.29, 1.82) is 0 Å². The van der Waals surface area contributed by atoms with E-state index in [1.165, 1.54) is 19.2 Å². The minimum absolute atomic E-state index is 0.0728. The lowest BCUT2D eigenvalue weighted by molar-refractivity contribution is -0.139. The summed E-state index contributed by atoms with van der Waals surface area (Å²) in [6.45, 7) is 0. The van der Waals surface area contributed by atoms with E-state index >= 15 is 0 Å². The summed E-state index contributed by atoms with van der Waals surface area (Å²) in [6.07, 6.45) is 0.141. The molecule has 6 nitrogen and oxygen atoms in total. The van der Waals surface area contributed by atoms with Crippen molar-refractivity contribution in [2.75, 3.05) is 7.11 Å². The third kappa shape index (κ3) is 4.19. The molecule has 2 N–H and O–H groups in total. The molecule has 0 aliphatic carbocycles. The van der Waals surface area contributed by atoms with Gasteiger partial charge in [-0.1, -0.05) is 42.5 Å². The Bertz CT molecular complexity index is 742. The molecule has 0 bridgehead atoms. The average Bonchev–Trinajstić information content (AvgIpc) is 2.61. The number of ether oxygens (including phenoxy) is 1. The molecule has 0 radical (unpaired) electrons. The van der Waals surface area contributed by atoms with Crippen LogP contribution in [-0.4, -0.2) is 36.1 Å². The highest BCUT2D eigenvalue weighted by Gasteiger charge is 2.24. The van der Waals surface area contributed by atoms with Gasteiger partial charge in [0.15, 0.2) is 0 Å². The topological polar surface area (TPSA) is 92.7 Å². The molecule has 0 saturated heterocycles. The van der Waals surface area contributed by atoms with E-state index in [0.29, 0.717) is 0 Å². The van der Waals surface area contributed by atoms with Crippen molar-refractivity contribution in [2.45, 2.75) is 12.5 Å². The molecule has 24 heavy (non-hydrogen) atoms. The maximum absolute atomic E-state index is 12.4. The summed E-state index contributed by atoms with van der Waals surface area (Å²) >= 11 is 0. The van der Waals surface area contributed by atoms with Crippen LogP contribution in [0.5, 0.6) is 0 Å². The Balaban J connectivity index is 2.20. The van der Waals surface area contributed by atoms with Gasteiger partial charge in [-0.2, -0.15) is 0 Å². The average molecular weight is 327 g/mol. The largest absolute Gasteiger partial charge is 0.480 e. The molecule has 0 saturated carbocycles. The van der Waals surface area contributed by atoms with Crippen LogP contribution in [0.3, 0.4) is 0 Å². The van der Waals surface area contributed by atoms with Gasteiger partial charge in [0.25, 0.3) is 5.91 Å². The van der Waals surface area contributed by atoms with Crippen LogP contribution in [0.4, 0.5) is 0 Å². The van der Waals surface area contributed by atoms with Crippen LogP contribution in [0.2, 0.25) is 0 Å². The molecule has 124 valence electrons. The second-order valence-corrected chi connectivity index (χ2v) is 5.09. The number of esters is 1. The molecule has 0 aliphatic heterocycles. The van der Waals surface area contributed by atoms with Crippen molar-refractivity contribution in [1.82, 2.24) is 5.32 Å². The van der Waals surface area contributed by atoms with Gasteiger partial charge in [-0.25, -0.2) is 9.59 Å². The van der Waals surface area contributed by atoms with Gasteiger partial charge in [0.05, 0.1) is 18.2 Å². The van der Waals surface area contributed by atoms with E-state index in [-0.39, 0.29) is 17.5 Å². The Morgan fingerprint density at radius 3 is 2.17 bits per heavy atom. The van der Waals surface area contributed by atoms with Gasteiger partial charge in [-0.15, -0.1) is 0 Å². The van der Waals surface area contributed by atoms with Crippen LogP contribution >= 0.6 is 0 Å². The summed E-state index contributed by atoms with van der Waals surface area (Å²) in [4.78, 5) is 35.6. The van der Waals surface area contributed by atoms with Gasteiger partial charge in [-0.3, -0.25) is 4.79 Å². The first-order valence-corrected chi connectivity index (χ1v) is 7.28. The number of carboxylic acids is 1. The molecule has 0 heterocycles. The van der Waals surface area contributed by atoms with Crippen LogP contribution in [-0.2, 0) is 16.0 Å². The quantitative estimate of drug-likeness (QED) is 0.791. The van der Waals surface area contributed by atoms with E-state index in [2.05, 4.69) is 10.1 Å². The minimum Gasteiger partial charge on any atom is -0.480 e. The molecule has 2 rings (SSSR count). The summed E-state index contributed by atoms with van der Waals surface area (Å²) in [5, 5.41) is 11.8. The molecule has 1 unspecified atom stereocenters. The second-order valence-electron chi connectivity index (χ2n) is 5.09. The van der Waals surface area contributed by atoms with E-state index in [1.54, 1.807) is 36.4 Å². The highest BCUT2D eigenvalue weighted by Crippen LogP contribution is 2.11. The Kier molecular flexibility index (Phi) is 5.68. The zero-order valence-corrected chi connectivity index (χ0v) is 13.1. The zero-order valence-electron chi connectivity index (χ0n) is 13.1. The number of methoxy groups -OCH3 is 1. The van der Waals surface area contributed by atoms with Crippen LogP contribution in [0.25, 0.3) is 0 Å². The molecule has 0 spiro atoms. The summed E-state index contributed by atoms with van der Waals surface area (Å²) in [5.41, 5.74) is 0.941. The highest BCUT2D eigenvalue weighted by atomic mass is 16.5. The maximum Gasteiger partial charge on any atom is 0.338 e. The fraction of sp³-hybridized carbons (Fsp3) is 0.167. The van der Waals surface area contributed by atoms with E-state index in [9.17, 15) is 19.5 Å². The number of hydrogen-bond acceptors (Lipinski definition) is 4. The monoisotopic (exact) mass is 327 g/mol. The number of amides is 1. The number of nitrogens with one attached hydrogen (secondary N) is 1. The van der Waals surface area contributed by atoms with Crippen LogP contribution in [0.1, 0.15) is 26.3 Å². The third-order valence-corrected chi connectivity index (χ3v) is 3.46. The number of benzene rings is 2. The minimum atomic E-state index is -1.15. The molecular weight excluding hydrogens is 310 g/mol. The Labute approximate surface area is 139 Å². The second kappa shape index (κ2) is 7.92. The zero-order chi connectivity index (χ0) is 17.5. The summed E-state index contributed by atoms with van der Waals surface area (Å²) in [5.74, 6) is -2.45. The lowest BCUT2D eigenvalue weighted by Crippen LogP contribution is -2.42. The first-order valence-electron chi connectivity index (χ1n) is 7.28. The number of aliphatic carboxylic acids is 1. The molecule has 0 aliphatic rings. The van der Waals surface area contributed by atoms with Crippen LogP contribution in [0.15, 0.2) is 54.6 Å². The normalized spacial score (nSPS) is 11.4. The van der Waals surface area contributed by atoms with Crippen LogP contribution < -0.4 is 5.32 Å². The number of carbonyl (C=O) groups excluding carboxylic acids is 2. The molecule has 2 aromatic rings. The first-order chi connectivity index (χ1) is 11.5. The van der Waals surface area contributed by atoms with Crippen molar-refractivity contribution < 1.29 is 24.2 Å². The van der Waals surface area contributed by atoms with Crippen molar-refractivity contribution in [3.8, 4) is 0 Å².